The molecule has 0 unspecified atom stereocenters. The van der Waals surface area contributed by atoms with Gasteiger partial charge in [0.15, 0.2) is 0 Å². The maximum atomic E-state index is 4.41. The van der Waals surface area contributed by atoms with E-state index < -0.39 is 0 Å². The van der Waals surface area contributed by atoms with E-state index in [2.05, 4.69) is 22.6 Å². The molecular weight excluding hydrogens is 210 g/mol. The Labute approximate surface area is 101 Å². The van der Waals surface area contributed by atoms with Crippen molar-refractivity contribution in [3.8, 4) is 0 Å². The average molecular weight is 225 g/mol. The smallest absolute Gasteiger partial charge is 0.110 e. The van der Waals surface area contributed by atoms with Crippen LogP contribution in [0.1, 0.15) is 13.8 Å². The highest BCUT2D eigenvalue weighted by atomic mass is 15.0. The van der Waals surface area contributed by atoms with E-state index in [0.717, 1.165) is 16.9 Å². The number of allylic oxidation sites excluding steroid dienone is 2. The van der Waals surface area contributed by atoms with Gasteiger partial charge in [0.2, 0.25) is 0 Å². The van der Waals surface area contributed by atoms with Crippen molar-refractivity contribution in [3.05, 3.63) is 55.2 Å². The van der Waals surface area contributed by atoms with Crippen molar-refractivity contribution in [3.63, 3.8) is 0 Å². The Morgan fingerprint density at radius 1 is 1.41 bits per heavy atom. The van der Waals surface area contributed by atoms with Gasteiger partial charge in [0.25, 0.3) is 0 Å². The minimum Gasteiger partial charge on any atom is -0.303 e. The van der Waals surface area contributed by atoms with E-state index in [1.807, 2.05) is 43.1 Å². The summed E-state index contributed by atoms with van der Waals surface area (Å²) in [6.45, 7) is 7.64. The molecule has 0 bridgehead atoms. The summed E-state index contributed by atoms with van der Waals surface area (Å²) in [6, 6.07) is 4.05. The second kappa shape index (κ2) is 4.78. The van der Waals surface area contributed by atoms with Gasteiger partial charge in [0, 0.05) is 24.0 Å². The third-order valence-electron chi connectivity index (χ3n) is 2.62. The summed E-state index contributed by atoms with van der Waals surface area (Å²) in [5, 5.41) is 1.17. The quantitative estimate of drug-likeness (QED) is 0.437. The zero-order chi connectivity index (χ0) is 12.3. The highest BCUT2D eigenvalue weighted by Gasteiger charge is 2.01. The molecule has 17 heavy (non-hydrogen) atoms. The fraction of sp³-hybridized carbons (Fsp3) is 0.143. The first-order valence-electron chi connectivity index (χ1n) is 5.47. The SMILES string of the molecule is C=C/C(C)=C\N=C(C)n1ccc2ccncc21. The van der Waals surface area contributed by atoms with Crippen molar-refractivity contribution in [2.75, 3.05) is 0 Å². The van der Waals surface area contributed by atoms with E-state index in [1.165, 1.54) is 5.39 Å². The van der Waals surface area contributed by atoms with Crippen LogP contribution < -0.4 is 0 Å². The molecule has 0 radical (unpaired) electrons. The summed E-state index contributed by atoms with van der Waals surface area (Å²) < 4.78 is 2.02. The molecule has 0 atom stereocenters. The lowest BCUT2D eigenvalue weighted by atomic mass is 10.3. The molecule has 3 heteroatoms. The van der Waals surface area contributed by atoms with Crippen molar-refractivity contribution < 1.29 is 0 Å². The van der Waals surface area contributed by atoms with E-state index in [9.17, 15) is 0 Å². The number of rotatable bonds is 2. The third kappa shape index (κ3) is 2.33. The van der Waals surface area contributed by atoms with Gasteiger partial charge in [-0.15, -0.1) is 0 Å². The Morgan fingerprint density at radius 2 is 2.24 bits per heavy atom. The Bertz CT molecular complexity index is 603. The molecule has 2 aromatic rings. The van der Waals surface area contributed by atoms with Crippen molar-refractivity contribution in [1.82, 2.24) is 9.55 Å². The molecule has 0 saturated heterocycles. The maximum absolute atomic E-state index is 4.41. The lowest BCUT2D eigenvalue weighted by Crippen LogP contribution is -2.04. The fourth-order valence-electron chi connectivity index (χ4n) is 1.57. The van der Waals surface area contributed by atoms with Crippen LogP contribution in [0.5, 0.6) is 0 Å². The predicted molar refractivity (Wildman–Crippen MR) is 72.2 cm³/mol. The molecule has 0 aliphatic heterocycles. The highest BCUT2D eigenvalue weighted by molar-refractivity contribution is 5.93. The van der Waals surface area contributed by atoms with Crippen LogP contribution in [0.15, 0.2) is 60.1 Å². The number of aliphatic imine (C=N–C) groups is 1. The first kappa shape index (κ1) is 11.3. The Balaban J connectivity index is 2.43. The zero-order valence-electron chi connectivity index (χ0n) is 10.1. The number of fused-ring (bicyclic) bond motifs is 1. The number of hydrogen-bond acceptors (Lipinski definition) is 2. The van der Waals surface area contributed by atoms with Gasteiger partial charge in [0.05, 0.1) is 11.7 Å². The molecule has 86 valence electrons. The molecule has 0 spiro atoms. The van der Waals surface area contributed by atoms with Crippen molar-refractivity contribution in [2.45, 2.75) is 13.8 Å². The second-order valence-electron chi connectivity index (χ2n) is 3.87. The van der Waals surface area contributed by atoms with Crippen LogP contribution in [-0.2, 0) is 0 Å². The van der Waals surface area contributed by atoms with E-state index in [1.54, 1.807) is 12.3 Å². The van der Waals surface area contributed by atoms with Gasteiger partial charge in [-0.2, -0.15) is 0 Å². The minimum atomic E-state index is 0.911. The molecule has 0 amide bonds. The maximum Gasteiger partial charge on any atom is 0.110 e. The standard InChI is InChI=1S/C14H15N3/c1-4-11(2)9-16-12(3)17-8-6-13-5-7-15-10-14(13)17/h4-10H,1H2,2-3H3/b11-9-,16-12?. The normalized spacial score (nSPS) is 13.1. The van der Waals surface area contributed by atoms with E-state index in [-0.39, 0.29) is 0 Å². The summed E-state index contributed by atoms with van der Waals surface area (Å²) >= 11 is 0. The van der Waals surface area contributed by atoms with Gasteiger partial charge in [-0.3, -0.25) is 4.98 Å². The summed E-state index contributed by atoms with van der Waals surface area (Å²) in [4.78, 5) is 8.54. The first-order chi connectivity index (χ1) is 8.22. The highest BCUT2D eigenvalue weighted by Crippen LogP contribution is 2.13. The summed E-state index contributed by atoms with van der Waals surface area (Å²) in [7, 11) is 0. The molecule has 0 aliphatic carbocycles. The monoisotopic (exact) mass is 225 g/mol. The fourth-order valence-corrected chi connectivity index (χ4v) is 1.57. The van der Waals surface area contributed by atoms with Crippen LogP contribution in [0.3, 0.4) is 0 Å². The largest absolute Gasteiger partial charge is 0.303 e. The van der Waals surface area contributed by atoms with Gasteiger partial charge in [-0.1, -0.05) is 12.7 Å². The Kier molecular flexibility index (Phi) is 3.19. The zero-order valence-corrected chi connectivity index (χ0v) is 10.1. The molecule has 0 aromatic carbocycles. The molecule has 2 rings (SSSR count). The van der Waals surface area contributed by atoms with Crippen LogP contribution >= 0.6 is 0 Å². The predicted octanol–water partition coefficient (Wildman–Crippen LogP) is 3.39. The Hall–Kier alpha value is -2.16. The third-order valence-corrected chi connectivity index (χ3v) is 2.62. The van der Waals surface area contributed by atoms with Gasteiger partial charge in [-0.05, 0) is 31.6 Å². The lowest BCUT2D eigenvalue weighted by molar-refractivity contribution is 1.17. The second-order valence-corrected chi connectivity index (χ2v) is 3.87. The van der Waals surface area contributed by atoms with E-state index >= 15 is 0 Å². The van der Waals surface area contributed by atoms with Gasteiger partial charge >= 0.3 is 0 Å². The van der Waals surface area contributed by atoms with Crippen LogP contribution in [0.25, 0.3) is 10.9 Å². The number of hydrogen-bond donors (Lipinski definition) is 0. The van der Waals surface area contributed by atoms with Gasteiger partial charge in [0.1, 0.15) is 5.84 Å². The molecule has 0 fully saturated rings. The van der Waals surface area contributed by atoms with Crippen LogP contribution in [0.2, 0.25) is 0 Å². The van der Waals surface area contributed by atoms with Gasteiger partial charge < -0.3 is 4.57 Å². The number of nitrogens with zero attached hydrogens (tertiary/aromatic N) is 3. The molecule has 0 saturated carbocycles. The van der Waals surface area contributed by atoms with Crippen molar-refractivity contribution in [1.29, 1.82) is 0 Å². The number of aromatic nitrogens is 2. The summed E-state index contributed by atoms with van der Waals surface area (Å²) in [6.07, 6.45) is 9.23. The van der Waals surface area contributed by atoms with Crippen molar-refractivity contribution >= 4 is 16.7 Å². The molecule has 3 nitrogen and oxygen atoms in total. The molecular formula is C14H15N3. The van der Waals surface area contributed by atoms with E-state index in [4.69, 9.17) is 0 Å². The molecule has 0 N–H and O–H groups in total. The van der Waals surface area contributed by atoms with Crippen LogP contribution in [0.4, 0.5) is 0 Å². The first-order valence-corrected chi connectivity index (χ1v) is 5.47. The van der Waals surface area contributed by atoms with Gasteiger partial charge in [-0.25, -0.2) is 4.99 Å². The topological polar surface area (TPSA) is 30.2 Å². The summed E-state index contributed by atoms with van der Waals surface area (Å²) in [5.41, 5.74) is 2.11. The summed E-state index contributed by atoms with van der Waals surface area (Å²) in [5.74, 6) is 0.911. The minimum absolute atomic E-state index is 0.911. The van der Waals surface area contributed by atoms with Crippen molar-refractivity contribution in [2.24, 2.45) is 4.99 Å². The molecule has 2 heterocycles. The number of pyridine rings is 1. The molecule has 0 aliphatic rings. The molecule has 2 aromatic heterocycles. The van der Waals surface area contributed by atoms with Crippen LogP contribution in [-0.4, -0.2) is 15.4 Å². The van der Waals surface area contributed by atoms with E-state index in [0.29, 0.717) is 0 Å². The lowest BCUT2D eigenvalue weighted by Gasteiger charge is -2.02. The Morgan fingerprint density at radius 3 is 3.00 bits per heavy atom. The van der Waals surface area contributed by atoms with Crippen LogP contribution in [0, 0.1) is 0 Å². The average Bonchev–Trinajstić information content (AvgIpc) is 2.79.